The second kappa shape index (κ2) is 12.0. The summed E-state index contributed by atoms with van der Waals surface area (Å²) in [6.45, 7) is 3.38. The number of methoxy groups -OCH3 is 1. The minimum absolute atomic E-state index is 0.0241. The molecule has 9 nitrogen and oxygen atoms in total. The maximum Gasteiger partial charge on any atom is 0.423 e. The standard InChI is InChI=1S/C29H28ClF4N5O4/c1-14-10-21(40)25-22(5-4-18(30)24(14)25)43-27-17(29(32,33)34)13-35-28(38-27)37-20-12-19(31)16(11-23(20)42-3)26(41)36-15-6-8-39(2)9-7-15/h4-5,11-15H,6-10H2,1-3H3,(H,36,41)(H,35,37,38). The number of alkyl halides is 3. The summed E-state index contributed by atoms with van der Waals surface area (Å²) in [7, 11) is 3.27. The summed E-state index contributed by atoms with van der Waals surface area (Å²) in [5.74, 6) is -3.42. The molecule has 1 fully saturated rings. The molecule has 0 bridgehead atoms. The first-order valence-electron chi connectivity index (χ1n) is 13.5. The highest BCUT2D eigenvalue weighted by molar-refractivity contribution is 6.32. The number of carbonyl (C=O) groups is 2. The van der Waals surface area contributed by atoms with Crippen molar-refractivity contribution in [3.8, 4) is 17.4 Å². The number of anilines is 2. The fourth-order valence-corrected chi connectivity index (χ4v) is 5.59. The minimum Gasteiger partial charge on any atom is -0.495 e. The van der Waals surface area contributed by atoms with Gasteiger partial charge in [0, 0.05) is 29.7 Å². The van der Waals surface area contributed by atoms with Gasteiger partial charge in [-0.15, -0.1) is 0 Å². The molecule has 1 saturated heterocycles. The Morgan fingerprint density at radius 1 is 1.16 bits per heavy atom. The number of carbonyl (C=O) groups excluding carboxylic acids is 2. The number of ketones is 1. The van der Waals surface area contributed by atoms with Gasteiger partial charge in [-0.3, -0.25) is 9.59 Å². The van der Waals surface area contributed by atoms with E-state index in [1.54, 1.807) is 6.92 Å². The molecule has 1 aliphatic heterocycles. The SMILES string of the molecule is COc1cc(C(=O)NC2CCN(C)CC2)c(F)cc1Nc1ncc(C(F)(F)F)c(Oc2ccc(Cl)c3c2C(=O)CC3C)n1. The molecule has 2 aliphatic rings. The van der Waals surface area contributed by atoms with Crippen molar-refractivity contribution in [3.63, 3.8) is 0 Å². The molecule has 5 rings (SSSR count). The summed E-state index contributed by atoms with van der Waals surface area (Å²) < 4.78 is 67.7. The van der Waals surface area contributed by atoms with Crippen molar-refractivity contribution in [2.24, 2.45) is 0 Å². The van der Waals surface area contributed by atoms with Crippen molar-refractivity contribution in [2.75, 3.05) is 32.6 Å². The van der Waals surface area contributed by atoms with E-state index in [1.165, 1.54) is 25.3 Å². The number of nitrogens with zero attached hydrogens (tertiary/aromatic N) is 3. The summed E-state index contributed by atoms with van der Waals surface area (Å²) in [5, 5.41) is 5.78. The molecule has 0 saturated carbocycles. The molecule has 3 aromatic rings. The molecule has 1 aliphatic carbocycles. The number of hydrogen-bond acceptors (Lipinski definition) is 8. The Bertz CT molecular complexity index is 1580. The van der Waals surface area contributed by atoms with Crippen molar-refractivity contribution in [1.29, 1.82) is 0 Å². The minimum atomic E-state index is -4.90. The van der Waals surface area contributed by atoms with E-state index in [0.717, 1.165) is 32.0 Å². The Morgan fingerprint density at radius 3 is 2.56 bits per heavy atom. The highest BCUT2D eigenvalue weighted by Crippen LogP contribution is 2.45. The van der Waals surface area contributed by atoms with Crippen LogP contribution in [0, 0.1) is 5.82 Å². The summed E-state index contributed by atoms with van der Waals surface area (Å²) >= 11 is 6.26. The number of rotatable bonds is 7. The maximum atomic E-state index is 15.1. The Hall–Kier alpha value is -3.97. The van der Waals surface area contributed by atoms with Gasteiger partial charge >= 0.3 is 6.18 Å². The van der Waals surface area contributed by atoms with Gasteiger partial charge in [-0.2, -0.15) is 18.2 Å². The molecule has 1 amide bonds. The van der Waals surface area contributed by atoms with Crippen LogP contribution in [-0.2, 0) is 6.18 Å². The average molecular weight is 622 g/mol. The topological polar surface area (TPSA) is 106 Å². The van der Waals surface area contributed by atoms with E-state index >= 15 is 4.39 Å². The first-order valence-corrected chi connectivity index (χ1v) is 13.8. The number of amides is 1. The van der Waals surface area contributed by atoms with Crippen LogP contribution in [0.4, 0.5) is 29.2 Å². The lowest BCUT2D eigenvalue weighted by molar-refractivity contribution is -0.139. The van der Waals surface area contributed by atoms with Gasteiger partial charge in [-0.1, -0.05) is 18.5 Å². The molecule has 1 unspecified atom stereocenters. The van der Waals surface area contributed by atoms with E-state index in [0.29, 0.717) is 16.8 Å². The van der Waals surface area contributed by atoms with Crippen LogP contribution in [0.25, 0.3) is 0 Å². The van der Waals surface area contributed by atoms with Crippen molar-refractivity contribution in [3.05, 3.63) is 63.6 Å². The number of fused-ring (bicyclic) bond motifs is 1. The van der Waals surface area contributed by atoms with E-state index < -0.39 is 29.3 Å². The number of hydrogen-bond donors (Lipinski definition) is 2. The molecule has 2 N–H and O–H groups in total. The average Bonchev–Trinajstić information content (AvgIpc) is 3.25. The monoisotopic (exact) mass is 621 g/mol. The van der Waals surface area contributed by atoms with Gasteiger partial charge < -0.3 is 25.0 Å². The second-order valence-electron chi connectivity index (χ2n) is 10.6. The summed E-state index contributed by atoms with van der Waals surface area (Å²) in [4.78, 5) is 35.2. The molecule has 228 valence electrons. The Labute approximate surface area is 249 Å². The molecular formula is C29H28ClF4N5O4. The van der Waals surface area contributed by atoms with Crippen molar-refractivity contribution >= 4 is 34.9 Å². The van der Waals surface area contributed by atoms with Gasteiger partial charge in [0.2, 0.25) is 11.8 Å². The molecule has 1 aromatic heterocycles. The zero-order valence-electron chi connectivity index (χ0n) is 23.4. The molecule has 1 atom stereocenters. The highest BCUT2D eigenvalue weighted by Gasteiger charge is 2.38. The fraction of sp³-hybridized carbons (Fsp3) is 0.379. The van der Waals surface area contributed by atoms with Gasteiger partial charge in [0.15, 0.2) is 5.78 Å². The molecule has 0 radical (unpaired) electrons. The molecule has 0 spiro atoms. The van der Waals surface area contributed by atoms with Crippen LogP contribution in [0.3, 0.4) is 0 Å². The molecule has 2 heterocycles. The largest absolute Gasteiger partial charge is 0.495 e. The van der Waals surface area contributed by atoms with E-state index in [-0.39, 0.29) is 58.4 Å². The van der Waals surface area contributed by atoms with Crippen LogP contribution in [0.1, 0.15) is 63.9 Å². The first kappa shape index (κ1) is 30.5. The number of likely N-dealkylation sites (tertiary alicyclic amines) is 1. The van der Waals surface area contributed by atoms with Gasteiger partial charge in [0.05, 0.1) is 23.9 Å². The van der Waals surface area contributed by atoms with Crippen molar-refractivity contribution < 1.29 is 36.6 Å². The van der Waals surface area contributed by atoms with Crippen LogP contribution in [0.2, 0.25) is 5.02 Å². The van der Waals surface area contributed by atoms with E-state index in [2.05, 4.69) is 25.5 Å². The smallest absolute Gasteiger partial charge is 0.423 e. The lowest BCUT2D eigenvalue weighted by Gasteiger charge is -2.29. The first-order chi connectivity index (χ1) is 20.3. The van der Waals surface area contributed by atoms with Crippen LogP contribution >= 0.6 is 11.6 Å². The summed E-state index contributed by atoms with van der Waals surface area (Å²) in [5.41, 5.74) is -1.00. The maximum absolute atomic E-state index is 15.1. The number of piperidine rings is 1. The number of Topliss-reactive ketones (excluding diaryl/α,β-unsaturated/α-hetero) is 1. The van der Waals surface area contributed by atoms with Crippen molar-refractivity contribution in [1.82, 2.24) is 20.2 Å². The molecular weight excluding hydrogens is 594 g/mol. The lowest BCUT2D eigenvalue weighted by Crippen LogP contribution is -2.43. The van der Waals surface area contributed by atoms with Gasteiger partial charge in [0.25, 0.3) is 5.91 Å². The molecule has 14 heteroatoms. The Kier molecular flexibility index (Phi) is 8.48. The zero-order chi connectivity index (χ0) is 31.1. The Morgan fingerprint density at radius 2 is 1.88 bits per heavy atom. The second-order valence-corrected chi connectivity index (χ2v) is 11.0. The number of halogens is 5. The predicted molar refractivity (Wildman–Crippen MR) is 150 cm³/mol. The molecule has 2 aromatic carbocycles. The number of benzene rings is 2. The molecule has 43 heavy (non-hydrogen) atoms. The summed E-state index contributed by atoms with van der Waals surface area (Å²) in [6.07, 6.45) is -2.80. The normalized spacial score (nSPS) is 17.5. The van der Waals surface area contributed by atoms with Crippen LogP contribution < -0.4 is 20.1 Å². The zero-order valence-corrected chi connectivity index (χ0v) is 24.2. The van der Waals surface area contributed by atoms with Crippen molar-refractivity contribution in [2.45, 2.75) is 44.3 Å². The lowest BCUT2D eigenvalue weighted by atomic mass is 10.0. The third kappa shape index (κ3) is 6.37. The number of ether oxygens (including phenoxy) is 2. The van der Waals surface area contributed by atoms with Crippen LogP contribution in [0.5, 0.6) is 17.4 Å². The fourth-order valence-electron chi connectivity index (χ4n) is 5.24. The van der Waals surface area contributed by atoms with Gasteiger partial charge in [-0.25, -0.2) is 9.37 Å². The van der Waals surface area contributed by atoms with E-state index in [9.17, 15) is 22.8 Å². The third-order valence-electron chi connectivity index (χ3n) is 7.52. The third-order valence-corrected chi connectivity index (χ3v) is 7.85. The van der Waals surface area contributed by atoms with Gasteiger partial charge in [-0.05, 0) is 62.7 Å². The number of aromatic nitrogens is 2. The Balaban J connectivity index is 1.44. The van der Waals surface area contributed by atoms with E-state index in [1.807, 2.05) is 7.05 Å². The van der Waals surface area contributed by atoms with Gasteiger partial charge in [0.1, 0.15) is 22.9 Å². The number of nitrogens with one attached hydrogen (secondary N) is 2. The summed E-state index contributed by atoms with van der Waals surface area (Å²) in [6, 6.07) is 4.80. The highest BCUT2D eigenvalue weighted by atomic mass is 35.5. The van der Waals surface area contributed by atoms with E-state index in [4.69, 9.17) is 21.1 Å². The van der Waals surface area contributed by atoms with Crippen LogP contribution in [-0.4, -0.2) is 59.8 Å². The van der Waals surface area contributed by atoms with Crippen LogP contribution in [0.15, 0.2) is 30.5 Å². The predicted octanol–water partition coefficient (Wildman–Crippen LogP) is 6.35. The quantitative estimate of drug-likeness (QED) is 0.294.